The van der Waals surface area contributed by atoms with E-state index in [2.05, 4.69) is 26.9 Å². The van der Waals surface area contributed by atoms with Crippen molar-refractivity contribution in [2.75, 3.05) is 26.2 Å². The summed E-state index contributed by atoms with van der Waals surface area (Å²) in [4.78, 5) is 10.6. The van der Waals surface area contributed by atoms with E-state index in [1.165, 1.54) is 12.3 Å². The van der Waals surface area contributed by atoms with Crippen LogP contribution in [-0.4, -0.2) is 51.4 Å². The van der Waals surface area contributed by atoms with E-state index in [1.54, 1.807) is 6.20 Å². The summed E-state index contributed by atoms with van der Waals surface area (Å²) in [6.07, 6.45) is 3.86. The molecular formula is C14H18N4O3. The number of hydrogen-bond acceptors (Lipinski definition) is 7. The highest BCUT2D eigenvalue weighted by Crippen LogP contribution is 2.24. The van der Waals surface area contributed by atoms with Crippen LogP contribution in [0, 0.1) is 0 Å². The van der Waals surface area contributed by atoms with Crippen LogP contribution in [0.15, 0.2) is 23.0 Å². The topological polar surface area (TPSA) is 84.5 Å². The largest absolute Gasteiger partial charge is 0.506 e. The standard InChI is InChI=1S/C14H18N4O3/c1-2-3-18-4-5-20-12(9-18)13-16-14(21-17-13)10-6-11(19)8-15-7-10/h6-8,12,19H,2-5,9H2,1H3. The number of aromatic hydroxyl groups is 1. The van der Waals surface area contributed by atoms with Crippen molar-refractivity contribution in [2.24, 2.45) is 0 Å². The summed E-state index contributed by atoms with van der Waals surface area (Å²) in [5, 5.41) is 13.4. The Labute approximate surface area is 122 Å². The van der Waals surface area contributed by atoms with Gasteiger partial charge in [0.05, 0.1) is 18.4 Å². The molecular weight excluding hydrogens is 272 g/mol. The third kappa shape index (κ3) is 3.20. The zero-order chi connectivity index (χ0) is 14.7. The molecule has 7 heteroatoms. The minimum Gasteiger partial charge on any atom is -0.506 e. The van der Waals surface area contributed by atoms with E-state index < -0.39 is 0 Å². The number of hydrogen-bond donors (Lipinski definition) is 1. The SMILES string of the molecule is CCCN1CCOC(c2noc(-c3cncc(O)c3)n2)C1. The summed E-state index contributed by atoms with van der Waals surface area (Å²) in [7, 11) is 0. The van der Waals surface area contributed by atoms with Crippen molar-refractivity contribution < 1.29 is 14.4 Å². The monoisotopic (exact) mass is 290 g/mol. The second kappa shape index (κ2) is 6.19. The van der Waals surface area contributed by atoms with Crippen LogP contribution in [0.5, 0.6) is 5.75 Å². The zero-order valence-corrected chi connectivity index (χ0v) is 11.9. The lowest BCUT2D eigenvalue weighted by Gasteiger charge is -2.30. The predicted molar refractivity (Wildman–Crippen MR) is 74.6 cm³/mol. The van der Waals surface area contributed by atoms with Gasteiger partial charge in [-0.1, -0.05) is 12.1 Å². The Morgan fingerprint density at radius 2 is 2.33 bits per heavy atom. The highest BCUT2D eigenvalue weighted by Gasteiger charge is 2.26. The predicted octanol–water partition coefficient (Wildman–Crippen LogP) is 1.62. The highest BCUT2D eigenvalue weighted by molar-refractivity contribution is 5.53. The third-order valence-electron chi connectivity index (χ3n) is 3.39. The van der Waals surface area contributed by atoms with Gasteiger partial charge in [-0.05, 0) is 19.0 Å². The maximum absolute atomic E-state index is 9.44. The fraction of sp³-hybridized carbons (Fsp3) is 0.500. The van der Waals surface area contributed by atoms with E-state index >= 15 is 0 Å². The van der Waals surface area contributed by atoms with Gasteiger partial charge in [-0.25, -0.2) is 0 Å². The zero-order valence-electron chi connectivity index (χ0n) is 11.9. The summed E-state index contributed by atoms with van der Waals surface area (Å²) in [6, 6.07) is 1.54. The average molecular weight is 290 g/mol. The van der Waals surface area contributed by atoms with Crippen LogP contribution in [0.1, 0.15) is 25.3 Å². The molecule has 3 rings (SSSR count). The lowest BCUT2D eigenvalue weighted by Crippen LogP contribution is -2.39. The molecule has 21 heavy (non-hydrogen) atoms. The van der Waals surface area contributed by atoms with E-state index in [1.807, 2.05) is 0 Å². The van der Waals surface area contributed by atoms with Gasteiger partial charge in [-0.2, -0.15) is 4.98 Å². The highest BCUT2D eigenvalue weighted by atomic mass is 16.5. The van der Waals surface area contributed by atoms with Crippen molar-refractivity contribution in [3.63, 3.8) is 0 Å². The smallest absolute Gasteiger partial charge is 0.259 e. The summed E-state index contributed by atoms with van der Waals surface area (Å²) >= 11 is 0. The van der Waals surface area contributed by atoms with Crippen LogP contribution < -0.4 is 0 Å². The number of ether oxygens (including phenoxy) is 1. The fourth-order valence-corrected chi connectivity index (χ4v) is 2.41. The minimum absolute atomic E-state index is 0.0651. The molecule has 1 unspecified atom stereocenters. The molecule has 1 fully saturated rings. The third-order valence-corrected chi connectivity index (χ3v) is 3.39. The summed E-state index contributed by atoms with van der Waals surface area (Å²) in [5.74, 6) is 0.939. The first-order valence-electron chi connectivity index (χ1n) is 7.08. The van der Waals surface area contributed by atoms with Gasteiger partial charge in [0.25, 0.3) is 5.89 Å². The molecule has 1 aliphatic rings. The van der Waals surface area contributed by atoms with E-state index in [0.29, 0.717) is 23.9 Å². The minimum atomic E-state index is -0.173. The molecule has 0 radical (unpaired) electrons. The molecule has 0 bridgehead atoms. The van der Waals surface area contributed by atoms with Gasteiger partial charge >= 0.3 is 0 Å². The maximum Gasteiger partial charge on any atom is 0.259 e. The quantitative estimate of drug-likeness (QED) is 0.915. The molecule has 1 saturated heterocycles. The van der Waals surface area contributed by atoms with Gasteiger partial charge in [-0.15, -0.1) is 0 Å². The number of pyridine rings is 1. The molecule has 0 aliphatic carbocycles. The first kappa shape index (κ1) is 14.0. The molecule has 7 nitrogen and oxygen atoms in total. The molecule has 1 N–H and O–H groups in total. The molecule has 2 aromatic rings. The Kier molecular flexibility index (Phi) is 4.12. The summed E-state index contributed by atoms with van der Waals surface area (Å²) < 4.78 is 11.0. The molecule has 0 aromatic carbocycles. The molecule has 3 heterocycles. The van der Waals surface area contributed by atoms with Gasteiger partial charge < -0.3 is 14.4 Å². The number of aromatic nitrogens is 3. The van der Waals surface area contributed by atoms with Gasteiger partial charge in [0.1, 0.15) is 11.9 Å². The Bertz CT molecular complexity index is 599. The van der Waals surface area contributed by atoms with Crippen molar-refractivity contribution >= 4 is 0 Å². The Morgan fingerprint density at radius 3 is 3.14 bits per heavy atom. The van der Waals surface area contributed by atoms with Gasteiger partial charge in [0.15, 0.2) is 0 Å². The van der Waals surface area contributed by atoms with E-state index in [9.17, 15) is 5.11 Å². The summed E-state index contributed by atoms with van der Waals surface area (Å²) in [6.45, 7) is 5.58. The first-order chi connectivity index (χ1) is 10.3. The molecule has 1 atom stereocenters. The lowest BCUT2D eigenvalue weighted by atomic mass is 10.2. The van der Waals surface area contributed by atoms with E-state index in [4.69, 9.17) is 9.26 Å². The fourth-order valence-electron chi connectivity index (χ4n) is 2.41. The Hall–Kier alpha value is -1.99. The van der Waals surface area contributed by atoms with Crippen LogP contribution in [0.2, 0.25) is 0 Å². The molecule has 0 saturated carbocycles. The Balaban J connectivity index is 1.75. The number of nitrogens with zero attached hydrogens (tertiary/aromatic N) is 4. The van der Waals surface area contributed by atoms with Crippen molar-refractivity contribution in [3.8, 4) is 17.2 Å². The van der Waals surface area contributed by atoms with Crippen LogP contribution >= 0.6 is 0 Å². The van der Waals surface area contributed by atoms with Crippen LogP contribution in [0.3, 0.4) is 0 Å². The van der Waals surface area contributed by atoms with E-state index in [0.717, 1.165) is 26.1 Å². The van der Waals surface area contributed by atoms with Gasteiger partial charge in [0.2, 0.25) is 5.82 Å². The molecule has 112 valence electrons. The second-order valence-corrected chi connectivity index (χ2v) is 5.05. The summed E-state index contributed by atoms with van der Waals surface area (Å²) in [5.41, 5.74) is 0.593. The van der Waals surface area contributed by atoms with Crippen molar-refractivity contribution in [3.05, 3.63) is 24.3 Å². The van der Waals surface area contributed by atoms with Crippen LogP contribution in [0.4, 0.5) is 0 Å². The number of rotatable bonds is 4. The first-order valence-corrected chi connectivity index (χ1v) is 7.08. The van der Waals surface area contributed by atoms with Crippen LogP contribution in [-0.2, 0) is 4.74 Å². The molecule has 2 aromatic heterocycles. The van der Waals surface area contributed by atoms with Crippen molar-refractivity contribution in [1.82, 2.24) is 20.0 Å². The van der Waals surface area contributed by atoms with Crippen LogP contribution in [0.25, 0.3) is 11.5 Å². The van der Waals surface area contributed by atoms with Crippen molar-refractivity contribution in [2.45, 2.75) is 19.4 Å². The normalized spacial score (nSPS) is 19.8. The molecule has 1 aliphatic heterocycles. The number of morpholine rings is 1. The van der Waals surface area contributed by atoms with Gasteiger partial charge in [-0.3, -0.25) is 9.88 Å². The van der Waals surface area contributed by atoms with E-state index in [-0.39, 0.29) is 11.9 Å². The molecule has 0 amide bonds. The van der Waals surface area contributed by atoms with Gasteiger partial charge in [0, 0.05) is 19.3 Å². The maximum atomic E-state index is 9.44. The lowest BCUT2D eigenvalue weighted by molar-refractivity contribution is -0.0350. The molecule has 0 spiro atoms. The second-order valence-electron chi connectivity index (χ2n) is 5.05. The average Bonchev–Trinajstić information content (AvgIpc) is 2.98. The Morgan fingerprint density at radius 1 is 1.43 bits per heavy atom. The van der Waals surface area contributed by atoms with Crippen molar-refractivity contribution in [1.29, 1.82) is 0 Å².